The lowest BCUT2D eigenvalue weighted by molar-refractivity contribution is 0.749. The average molecular weight is 606 g/mol. The predicted octanol–water partition coefficient (Wildman–Crippen LogP) is 11.9. The molecule has 0 saturated heterocycles. The third kappa shape index (κ3) is 2.75. The molecule has 2 heterocycles. The van der Waals surface area contributed by atoms with Crippen molar-refractivity contribution in [2.24, 2.45) is 0 Å². The summed E-state index contributed by atoms with van der Waals surface area (Å²) in [6.07, 6.45) is 0. The normalized spacial score (nSPS) is 16.0. The second-order valence-corrected chi connectivity index (χ2v) is 13.6. The molecular weight excluding hydrogens is 579 g/mol. The Balaban J connectivity index is 1.33. The molecule has 9 aromatic rings. The standard InChI is InChI=1S/C47H27N/c1-2-12-28(13-3-1)29-24-25-38-37(26-29)45-35-19-10-17-33-30-14-4-5-15-31(30)36(44(33)35)27-41(45)47(38)39-20-7-9-23-43(39)48-42-22-8-6-16-32(42)34-18-11-21-40(47)46(34)48/h1-27H. The summed E-state index contributed by atoms with van der Waals surface area (Å²) in [6, 6.07) is 61.7. The van der Waals surface area contributed by atoms with Crippen LogP contribution in [0.1, 0.15) is 22.3 Å². The van der Waals surface area contributed by atoms with Crippen molar-refractivity contribution in [1.29, 1.82) is 0 Å². The van der Waals surface area contributed by atoms with Crippen LogP contribution in [0, 0.1) is 0 Å². The molecule has 0 N–H and O–H groups in total. The number of aromatic nitrogens is 1. The number of para-hydroxylation sites is 3. The maximum atomic E-state index is 2.57. The SMILES string of the molecule is c1ccc(-c2ccc3c(c2)-c2c(cc4c5c(cccc25)-c2ccccc2-4)C32c3ccccc3-n3c4ccccc4c4cccc2c43)cc1. The highest BCUT2D eigenvalue weighted by Crippen LogP contribution is 2.64. The molecule has 220 valence electrons. The fraction of sp³-hybridized carbons (Fsp3) is 0.0213. The Morgan fingerprint density at radius 1 is 0.375 bits per heavy atom. The van der Waals surface area contributed by atoms with Gasteiger partial charge in [0.2, 0.25) is 0 Å². The summed E-state index contributed by atoms with van der Waals surface area (Å²) in [4.78, 5) is 0. The van der Waals surface area contributed by atoms with E-state index in [9.17, 15) is 0 Å². The summed E-state index contributed by atoms with van der Waals surface area (Å²) in [7, 11) is 0. The molecule has 0 radical (unpaired) electrons. The topological polar surface area (TPSA) is 4.93 Å². The van der Waals surface area contributed by atoms with Crippen LogP contribution < -0.4 is 0 Å². The smallest absolute Gasteiger partial charge is 0.0754 e. The van der Waals surface area contributed by atoms with Gasteiger partial charge in [0, 0.05) is 10.8 Å². The van der Waals surface area contributed by atoms with Crippen molar-refractivity contribution in [2.75, 3.05) is 0 Å². The first kappa shape index (κ1) is 25.0. The first-order valence-corrected chi connectivity index (χ1v) is 16.9. The zero-order valence-electron chi connectivity index (χ0n) is 26.0. The van der Waals surface area contributed by atoms with Crippen LogP contribution in [0.4, 0.5) is 0 Å². The minimum absolute atomic E-state index is 0.488. The molecule has 1 spiro atoms. The maximum Gasteiger partial charge on any atom is 0.0754 e. The molecule has 1 unspecified atom stereocenters. The predicted molar refractivity (Wildman–Crippen MR) is 199 cm³/mol. The number of benzene rings is 8. The van der Waals surface area contributed by atoms with Crippen LogP contribution in [0.3, 0.4) is 0 Å². The van der Waals surface area contributed by atoms with E-state index in [1.54, 1.807) is 0 Å². The largest absolute Gasteiger partial charge is 0.309 e. The second kappa shape index (κ2) is 8.59. The van der Waals surface area contributed by atoms with Gasteiger partial charge in [0.25, 0.3) is 0 Å². The van der Waals surface area contributed by atoms with E-state index in [0.717, 1.165) is 0 Å². The minimum atomic E-state index is -0.488. The first-order chi connectivity index (χ1) is 23.8. The minimum Gasteiger partial charge on any atom is -0.309 e. The molecule has 1 aliphatic heterocycles. The summed E-state index contributed by atoms with van der Waals surface area (Å²) in [5, 5.41) is 5.33. The highest BCUT2D eigenvalue weighted by molar-refractivity contribution is 6.21. The van der Waals surface area contributed by atoms with Gasteiger partial charge < -0.3 is 4.57 Å². The van der Waals surface area contributed by atoms with Crippen LogP contribution in [0.15, 0.2) is 164 Å². The van der Waals surface area contributed by atoms with Gasteiger partial charge in [0.15, 0.2) is 0 Å². The first-order valence-electron chi connectivity index (χ1n) is 16.9. The number of rotatable bonds is 1. The monoisotopic (exact) mass is 605 g/mol. The van der Waals surface area contributed by atoms with Crippen LogP contribution in [0.2, 0.25) is 0 Å². The Labute approximate surface area is 278 Å². The van der Waals surface area contributed by atoms with Crippen LogP contribution in [-0.4, -0.2) is 4.57 Å². The molecule has 0 saturated carbocycles. The summed E-state index contributed by atoms with van der Waals surface area (Å²) in [6.45, 7) is 0. The van der Waals surface area contributed by atoms with E-state index in [4.69, 9.17) is 0 Å². The van der Waals surface area contributed by atoms with Gasteiger partial charge in [-0.3, -0.25) is 0 Å². The molecule has 0 bridgehead atoms. The summed E-state index contributed by atoms with van der Waals surface area (Å²) in [5.41, 5.74) is 19.4. The molecule has 3 aliphatic rings. The fourth-order valence-electron chi connectivity index (χ4n) is 9.78. The summed E-state index contributed by atoms with van der Waals surface area (Å²) < 4.78 is 2.53. The lowest BCUT2D eigenvalue weighted by atomic mass is 9.65. The van der Waals surface area contributed by atoms with Crippen LogP contribution in [0.5, 0.6) is 0 Å². The number of hydrogen-bond donors (Lipinski definition) is 0. The fourth-order valence-corrected chi connectivity index (χ4v) is 9.78. The Hall–Kier alpha value is -6.18. The molecule has 48 heavy (non-hydrogen) atoms. The van der Waals surface area contributed by atoms with Gasteiger partial charge in [0.1, 0.15) is 0 Å². The molecule has 1 heteroatoms. The molecular formula is C47H27N. The second-order valence-electron chi connectivity index (χ2n) is 13.6. The van der Waals surface area contributed by atoms with Crippen molar-refractivity contribution in [1.82, 2.24) is 4.57 Å². The Morgan fingerprint density at radius 3 is 1.98 bits per heavy atom. The molecule has 2 aliphatic carbocycles. The highest BCUT2D eigenvalue weighted by atomic mass is 15.0. The van der Waals surface area contributed by atoms with Gasteiger partial charge in [-0.25, -0.2) is 0 Å². The third-order valence-electron chi connectivity index (χ3n) is 11.5. The van der Waals surface area contributed by atoms with Crippen molar-refractivity contribution >= 4 is 32.6 Å². The molecule has 1 atom stereocenters. The lowest BCUT2D eigenvalue weighted by Crippen LogP contribution is -2.33. The molecule has 0 fully saturated rings. The van der Waals surface area contributed by atoms with Gasteiger partial charge in [-0.05, 0) is 102 Å². The molecule has 12 rings (SSSR count). The number of fused-ring (bicyclic) bond motifs is 16. The van der Waals surface area contributed by atoms with E-state index < -0.39 is 5.41 Å². The quantitative estimate of drug-likeness (QED) is 0.175. The van der Waals surface area contributed by atoms with Gasteiger partial charge in [-0.1, -0.05) is 140 Å². The van der Waals surface area contributed by atoms with E-state index in [1.165, 1.54) is 105 Å². The summed E-state index contributed by atoms with van der Waals surface area (Å²) >= 11 is 0. The van der Waals surface area contributed by atoms with E-state index in [-0.39, 0.29) is 0 Å². The van der Waals surface area contributed by atoms with Crippen LogP contribution in [0.25, 0.3) is 82.8 Å². The Kier molecular flexibility index (Phi) is 4.47. The summed E-state index contributed by atoms with van der Waals surface area (Å²) in [5.74, 6) is 0. The molecule has 0 amide bonds. The van der Waals surface area contributed by atoms with Crippen LogP contribution >= 0.6 is 0 Å². The van der Waals surface area contributed by atoms with Crippen molar-refractivity contribution in [2.45, 2.75) is 5.41 Å². The third-order valence-corrected chi connectivity index (χ3v) is 11.5. The number of nitrogens with zero attached hydrogens (tertiary/aromatic N) is 1. The number of hydrogen-bond acceptors (Lipinski definition) is 0. The van der Waals surface area contributed by atoms with E-state index in [2.05, 4.69) is 168 Å². The van der Waals surface area contributed by atoms with Gasteiger partial charge in [0.05, 0.1) is 22.1 Å². The molecule has 8 aromatic carbocycles. The average Bonchev–Trinajstić information content (AvgIpc) is 3.77. The van der Waals surface area contributed by atoms with Crippen molar-refractivity contribution in [3.8, 4) is 50.2 Å². The van der Waals surface area contributed by atoms with Gasteiger partial charge in [-0.2, -0.15) is 0 Å². The van der Waals surface area contributed by atoms with E-state index in [1.807, 2.05) is 0 Å². The Morgan fingerprint density at radius 2 is 1.06 bits per heavy atom. The zero-order chi connectivity index (χ0) is 31.1. The van der Waals surface area contributed by atoms with E-state index in [0.29, 0.717) is 0 Å². The van der Waals surface area contributed by atoms with Crippen molar-refractivity contribution < 1.29 is 0 Å². The van der Waals surface area contributed by atoms with Crippen molar-refractivity contribution in [3.05, 3.63) is 186 Å². The molecule has 1 nitrogen and oxygen atoms in total. The molecule has 1 aromatic heterocycles. The van der Waals surface area contributed by atoms with E-state index >= 15 is 0 Å². The van der Waals surface area contributed by atoms with Gasteiger partial charge in [-0.15, -0.1) is 0 Å². The highest BCUT2D eigenvalue weighted by Gasteiger charge is 2.52. The lowest BCUT2D eigenvalue weighted by Gasteiger charge is -2.39. The Bertz CT molecular complexity index is 2890. The zero-order valence-corrected chi connectivity index (χ0v) is 26.0. The van der Waals surface area contributed by atoms with Gasteiger partial charge >= 0.3 is 0 Å². The maximum absolute atomic E-state index is 2.57. The van der Waals surface area contributed by atoms with Crippen LogP contribution in [-0.2, 0) is 5.41 Å². The van der Waals surface area contributed by atoms with Crippen molar-refractivity contribution in [3.63, 3.8) is 0 Å².